The lowest BCUT2D eigenvalue weighted by Crippen LogP contribution is -2.65. The number of nitrogens with zero attached hydrogens (tertiary/aromatic N) is 1. The summed E-state index contributed by atoms with van der Waals surface area (Å²) in [6, 6.07) is 0.358. The van der Waals surface area contributed by atoms with Gasteiger partial charge in [-0.25, -0.2) is 0 Å². The van der Waals surface area contributed by atoms with Crippen LogP contribution in [0.1, 0.15) is 98.8 Å². The van der Waals surface area contributed by atoms with Gasteiger partial charge in [0.05, 0.1) is 6.10 Å². The molecule has 1 aliphatic heterocycles. The number of hydrogen-bond donors (Lipinski definition) is 0. The normalized spacial score (nSPS) is 45.9. The molecule has 0 bridgehead atoms. The van der Waals surface area contributed by atoms with Gasteiger partial charge in [-0.3, -0.25) is 4.79 Å². The second kappa shape index (κ2) is 8.65. The fourth-order valence-electron chi connectivity index (χ4n) is 9.33. The average Bonchev–Trinajstić information content (AvgIpc) is 3.08. The van der Waals surface area contributed by atoms with Crippen molar-refractivity contribution in [3.63, 3.8) is 0 Å². The SMILES string of the molecule is CO[C@@H]1C[C@H]2N(C)C(=O)CC[C@]2(C)[C@H]2CC[C@]3(C)[C@@H]([C@H](C)CCCC(C)C)CC[C@H]3[C@H]12. The number of fused-ring (bicyclic) bond motifs is 5. The standard InChI is InChI=1S/C28H49NO2/c1-18(2)9-8-10-19(3)20-11-12-21-26-22(13-15-27(20,21)4)28(5)16-14-25(30)29(6)24(28)17-23(26)31-7/h18-24,26H,8-17H2,1-7H3/t19-,20-,21+,22+,23-,24-,26+,27-,28-/m1/s1. The summed E-state index contributed by atoms with van der Waals surface area (Å²) in [5, 5.41) is 0. The van der Waals surface area contributed by atoms with Gasteiger partial charge in [-0.05, 0) is 84.9 Å². The molecule has 4 rings (SSSR count). The van der Waals surface area contributed by atoms with E-state index in [-0.39, 0.29) is 5.41 Å². The monoisotopic (exact) mass is 431 g/mol. The van der Waals surface area contributed by atoms with Gasteiger partial charge < -0.3 is 9.64 Å². The summed E-state index contributed by atoms with van der Waals surface area (Å²) in [6.07, 6.45) is 12.9. The van der Waals surface area contributed by atoms with Crippen LogP contribution >= 0.6 is 0 Å². The van der Waals surface area contributed by atoms with Crippen molar-refractivity contribution in [3.05, 3.63) is 0 Å². The van der Waals surface area contributed by atoms with E-state index in [2.05, 4.69) is 46.6 Å². The molecular formula is C28H49NO2. The number of hydrogen-bond acceptors (Lipinski definition) is 2. The van der Waals surface area contributed by atoms with Crippen LogP contribution in [0.25, 0.3) is 0 Å². The van der Waals surface area contributed by atoms with Crippen LogP contribution in [-0.4, -0.2) is 37.1 Å². The lowest BCUT2D eigenvalue weighted by Gasteiger charge is -2.63. The molecule has 31 heavy (non-hydrogen) atoms. The predicted octanol–water partition coefficient (Wildman–Crippen LogP) is 6.55. The quantitative estimate of drug-likeness (QED) is 0.477. The molecule has 178 valence electrons. The van der Waals surface area contributed by atoms with Gasteiger partial charge in [0.15, 0.2) is 0 Å². The molecule has 4 aliphatic rings. The molecule has 1 saturated heterocycles. The van der Waals surface area contributed by atoms with Gasteiger partial charge in [0.25, 0.3) is 0 Å². The largest absolute Gasteiger partial charge is 0.381 e. The first-order valence-corrected chi connectivity index (χ1v) is 13.4. The number of amides is 1. The molecule has 0 radical (unpaired) electrons. The van der Waals surface area contributed by atoms with Crippen LogP contribution in [0.4, 0.5) is 0 Å². The Hall–Kier alpha value is -0.570. The molecule has 0 N–H and O–H groups in total. The summed E-state index contributed by atoms with van der Waals surface area (Å²) >= 11 is 0. The van der Waals surface area contributed by atoms with Crippen LogP contribution in [-0.2, 0) is 9.53 Å². The van der Waals surface area contributed by atoms with E-state index in [1.165, 1.54) is 44.9 Å². The van der Waals surface area contributed by atoms with E-state index < -0.39 is 0 Å². The topological polar surface area (TPSA) is 29.5 Å². The highest BCUT2D eigenvalue weighted by Gasteiger charge is 2.64. The molecule has 3 saturated carbocycles. The third-order valence-electron chi connectivity index (χ3n) is 11.1. The lowest BCUT2D eigenvalue weighted by atomic mass is 9.45. The molecular weight excluding hydrogens is 382 g/mol. The molecule has 3 heteroatoms. The van der Waals surface area contributed by atoms with Crippen molar-refractivity contribution in [2.45, 2.75) is 111 Å². The lowest BCUT2D eigenvalue weighted by molar-refractivity contribution is -0.186. The fourth-order valence-corrected chi connectivity index (χ4v) is 9.33. The summed E-state index contributed by atoms with van der Waals surface area (Å²) < 4.78 is 6.24. The zero-order chi connectivity index (χ0) is 22.6. The van der Waals surface area contributed by atoms with Gasteiger partial charge in [-0.2, -0.15) is 0 Å². The van der Waals surface area contributed by atoms with Crippen LogP contribution in [0.2, 0.25) is 0 Å². The zero-order valence-corrected chi connectivity index (χ0v) is 21.5. The summed E-state index contributed by atoms with van der Waals surface area (Å²) in [4.78, 5) is 14.6. The Bertz CT molecular complexity index is 661. The Labute approximate surface area is 192 Å². The van der Waals surface area contributed by atoms with Gasteiger partial charge in [0, 0.05) is 26.6 Å². The van der Waals surface area contributed by atoms with Crippen LogP contribution in [0.3, 0.4) is 0 Å². The Morgan fingerprint density at radius 1 is 1.03 bits per heavy atom. The molecule has 0 aromatic rings. The minimum Gasteiger partial charge on any atom is -0.381 e. The van der Waals surface area contributed by atoms with Gasteiger partial charge in [0.2, 0.25) is 5.91 Å². The number of piperidine rings is 1. The smallest absolute Gasteiger partial charge is 0.222 e. The first-order chi connectivity index (χ1) is 14.6. The van der Waals surface area contributed by atoms with E-state index in [1.54, 1.807) is 0 Å². The first kappa shape index (κ1) is 23.6. The Morgan fingerprint density at radius 2 is 1.74 bits per heavy atom. The number of likely N-dealkylation sites (tertiary alicyclic amines) is 1. The third kappa shape index (κ3) is 3.79. The second-order valence-corrected chi connectivity index (χ2v) is 12.9. The highest BCUT2D eigenvalue weighted by atomic mass is 16.5. The van der Waals surface area contributed by atoms with Gasteiger partial charge in [-0.1, -0.05) is 53.9 Å². The molecule has 0 spiro atoms. The maximum absolute atomic E-state index is 12.5. The maximum atomic E-state index is 12.5. The summed E-state index contributed by atoms with van der Waals surface area (Å²) in [5.74, 6) is 5.08. The zero-order valence-electron chi connectivity index (χ0n) is 21.5. The second-order valence-electron chi connectivity index (χ2n) is 12.9. The van der Waals surface area contributed by atoms with Crippen molar-refractivity contribution < 1.29 is 9.53 Å². The van der Waals surface area contributed by atoms with Crippen molar-refractivity contribution in [1.82, 2.24) is 4.90 Å². The molecule has 3 nitrogen and oxygen atoms in total. The van der Waals surface area contributed by atoms with E-state index >= 15 is 0 Å². The Kier molecular flexibility index (Phi) is 6.58. The highest BCUT2D eigenvalue weighted by Crippen LogP contribution is 2.67. The van der Waals surface area contributed by atoms with Gasteiger partial charge in [0.1, 0.15) is 0 Å². The van der Waals surface area contributed by atoms with Crippen LogP contribution in [0, 0.1) is 46.3 Å². The van der Waals surface area contributed by atoms with Gasteiger partial charge in [-0.15, -0.1) is 0 Å². The molecule has 0 unspecified atom stereocenters. The molecule has 0 aromatic heterocycles. The Morgan fingerprint density at radius 3 is 2.42 bits per heavy atom. The van der Waals surface area contributed by atoms with E-state index in [1.807, 2.05) is 7.11 Å². The van der Waals surface area contributed by atoms with E-state index in [4.69, 9.17) is 4.74 Å². The third-order valence-corrected chi connectivity index (χ3v) is 11.1. The number of methoxy groups -OCH3 is 1. The molecule has 4 fully saturated rings. The number of carbonyl (C=O) groups is 1. The highest BCUT2D eigenvalue weighted by molar-refractivity contribution is 5.77. The minimum atomic E-state index is 0.269. The van der Waals surface area contributed by atoms with Crippen LogP contribution in [0.5, 0.6) is 0 Å². The first-order valence-electron chi connectivity index (χ1n) is 13.4. The molecule has 9 atom stereocenters. The number of rotatable bonds is 6. The van der Waals surface area contributed by atoms with Crippen molar-refractivity contribution in [2.75, 3.05) is 14.2 Å². The molecule has 3 aliphatic carbocycles. The van der Waals surface area contributed by atoms with Crippen molar-refractivity contribution in [2.24, 2.45) is 46.3 Å². The summed E-state index contributed by atoms with van der Waals surface area (Å²) in [6.45, 7) is 12.4. The predicted molar refractivity (Wildman–Crippen MR) is 128 cm³/mol. The van der Waals surface area contributed by atoms with Crippen molar-refractivity contribution in [3.8, 4) is 0 Å². The maximum Gasteiger partial charge on any atom is 0.222 e. The van der Waals surface area contributed by atoms with E-state index in [0.717, 1.165) is 42.9 Å². The number of carbonyl (C=O) groups excluding carboxylic acids is 1. The average molecular weight is 432 g/mol. The Balaban J connectivity index is 1.56. The van der Waals surface area contributed by atoms with Gasteiger partial charge >= 0.3 is 0 Å². The van der Waals surface area contributed by atoms with Crippen LogP contribution in [0.15, 0.2) is 0 Å². The van der Waals surface area contributed by atoms with Crippen molar-refractivity contribution >= 4 is 5.91 Å². The fraction of sp³-hybridized carbons (Fsp3) is 0.964. The molecule has 1 heterocycles. The summed E-state index contributed by atoms with van der Waals surface area (Å²) in [7, 11) is 3.98. The summed E-state index contributed by atoms with van der Waals surface area (Å²) in [5.41, 5.74) is 0.749. The van der Waals surface area contributed by atoms with Crippen LogP contribution < -0.4 is 0 Å². The molecule has 1 amide bonds. The number of ether oxygens (including phenoxy) is 1. The molecule has 0 aromatic carbocycles. The van der Waals surface area contributed by atoms with E-state index in [0.29, 0.717) is 35.3 Å². The van der Waals surface area contributed by atoms with Crippen molar-refractivity contribution in [1.29, 1.82) is 0 Å². The minimum absolute atomic E-state index is 0.269. The van der Waals surface area contributed by atoms with E-state index in [9.17, 15) is 4.79 Å².